The fourth-order valence-electron chi connectivity index (χ4n) is 6.20. The van der Waals surface area contributed by atoms with E-state index in [1.54, 1.807) is 38.3 Å². The van der Waals surface area contributed by atoms with Crippen LogP contribution in [0.25, 0.3) is 22.2 Å². The second-order valence-electron chi connectivity index (χ2n) is 13.5. The third-order valence-electron chi connectivity index (χ3n) is 9.54. The van der Waals surface area contributed by atoms with Gasteiger partial charge in [-0.05, 0) is 42.2 Å². The van der Waals surface area contributed by atoms with E-state index in [0.29, 0.717) is 34.5 Å². The number of alkyl halides is 2. The number of pyridine rings is 1. The molecule has 0 bridgehead atoms. The molecule has 4 aromatic rings. The van der Waals surface area contributed by atoms with Crippen LogP contribution in [0.4, 0.5) is 8.78 Å². The van der Waals surface area contributed by atoms with Crippen LogP contribution >= 0.6 is 0 Å². The number of hydrogen-bond acceptors (Lipinski definition) is 7. The maximum atomic E-state index is 13.9. The highest BCUT2D eigenvalue weighted by Crippen LogP contribution is 2.35. The van der Waals surface area contributed by atoms with E-state index >= 15 is 0 Å². The van der Waals surface area contributed by atoms with Gasteiger partial charge in [0.2, 0.25) is 24.1 Å². The van der Waals surface area contributed by atoms with Crippen molar-refractivity contribution in [2.24, 2.45) is 11.8 Å². The number of carbonyl (C=O) groups is 4. The van der Waals surface area contributed by atoms with Crippen LogP contribution in [0, 0.1) is 11.8 Å². The lowest BCUT2D eigenvalue weighted by Crippen LogP contribution is -2.54. The molecular formula is C40H44F2N4O7. The Labute approximate surface area is 306 Å². The van der Waals surface area contributed by atoms with Crippen LogP contribution in [0.2, 0.25) is 0 Å². The smallest absolute Gasteiger partial charge is 0.335 e. The van der Waals surface area contributed by atoms with Crippen molar-refractivity contribution in [3.05, 3.63) is 90.0 Å². The first kappa shape index (κ1) is 38.6. The Hall–Kier alpha value is -5.59. The van der Waals surface area contributed by atoms with Gasteiger partial charge in [-0.2, -0.15) is 0 Å². The van der Waals surface area contributed by atoms with Crippen molar-refractivity contribution in [2.45, 2.75) is 64.6 Å². The van der Waals surface area contributed by atoms with Gasteiger partial charge in [-0.25, -0.2) is 18.6 Å². The summed E-state index contributed by atoms with van der Waals surface area (Å²) < 4.78 is 39.4. The summed E-state index contributed by atoms with van der Waals surface area (Å²) in [6.45, 7) is 5.68. The molecule has 13 heteroatoms. The van der Waals surface area contributed by atoms with Gasteiger partial charge in [0.05, 0.1) is 30.4 Å². The van der Waals surface area contributed by atoms with Crippen molar-refractivity contribution in [3.8, 4) is 22.8 Å². The number of hydrogen-bond donors (Lipinski definition) is 3. The highest BCUT2D eigenvalue weighted by Gasteiger charge is 2.43. The van der Waals surface area contributed by atoms with E-state index in [-0.39, 0.29) is 36.9 Å². The lowest BCUT2D eigenvalue weighted by atomic mass is 9.96. The Morgan fingerprint density at radius 1 is 0.981 bits per heavy atom. The molecule has 11 nitrogen and oxygen atoms in total. The number of aromatic nitrogens is 1. The van der Waals surface area contributed by atoms with Gasteiger partial charge >= 0.3 is 5.97 Å². The SMILES string of the molecule is COc1ccc2c(O[C@@H]3C[C@@H](C(=O)NC(CC(F)F)C(=O)NCCc4ccc(C(=O)O)cc4)N(C(=O)[C@@H](C)C(C)C)C3)cc(-c3ccccc3)nc2c1. The number of benzene rings is 3. The maximum Gasteiger partial charge on any atom is 0.335 e. The number of carboxylic acids is 1. The highest BCUT2D eigenvalue weighted by atomic mass is 19.3. The van der Waals surface area contributed by atoms with Gasteiger partial charge < -0.3 is 30.1 Å². The molecule has 4 atom stereocenters. The predicted octanol–water partition coefficient (Wildman–Crippen LogP) is 5.75. The largest absolute Gasteiger partial charge is 0.497 e. The van der Waals surface area contributed by atoms with Crippen molar-refractivity contribution in [1.29, 1.82) is 0 Å². The van der Waals surface area contributed by atoms with Gasteiger partial charge in [0, 0.05) is 48.4 Å². The van der Waals surface area contributed by atoms with Crippen molar-refractivity contribution in [1.82, 2.24) is 20.5 Å². The summed E-state index contributed by atoms with van der Waals surface area (Å²) in [5, 5.41) is 14.9. The minimum atomic E-state index is -2.90. The van der Waals surface area contributed by atoms with E-state index in [4.69, 9.17) is 19.6 Å². The number of likely N-dealkylation sites (tertiary alicyclic amines) is 1. The fourth-order valence-corrected chi connectivity index (χ4v) is 6.20. The Morgan fingerprint density at radius 2 is 1.70 bits per heavy atom. The molecule has 3 N–H and O–H groups in total. The summed E-state index contributed by atoms with van der Waals surface area (Å²) in [6, 6.07) is 20.2. The standard InChI is InChI=1S/C40H44F2N4O7/c1-23(2)24(3)39(49)46-22-29(53-35-20-31(26-8-6-5-7-9-26)44-32-18-28(52-4)14-15-30(32)35)19-34(46)38(48)45-33(21-36(41)42)37(47)43-17-16-25-10-12-27(13-11-25)40(50)51/h5-15,18,20,23-24,29,33-34,36H,16-17,19,21-22H2,1-4H3,(H,43,47)(H,45,48)(H,50,51)/t24-,29+,33?,34-/m0/s1. The number of nitrogens with zero attached hydrogens (tertiary/aromatic N) is 2. The van der Waals surface area contributed by atoms with Gasteiger partial charge in [0.25, 0.3) is 0 Å². The number of ether oxygens (including phenoxy) is 2. The van der Waals surface area contributed by atoms with Crippen molar-refractivity contribution in [3.63, 3.8) is 0 Å². The van der Waals surface area contributed by atoms with Gasteiger partial charge in [-0.3, -0.25) is 14.4 Å². The summed E-state index contributed by atoms with van der Waals surface area (Å²) in [4.78, 5) is 58.2. The second-order valence-corrected chi connectivity index (χ2v) is 13.5. The highest BCUT2D eigenvalue weighted by molar-refractivity contribution is 5.93. The van der Waals surface area contributed by atoms with Gasteiger partial charge in [-0.1, -0.05) is 63.2 Å². The van der Waals surface area contributed by atoms with E-state index in [1.165, 1.54) is 17.0 Å². The molecule has 53 heavy (non-hydrogen) atoms. The van der Waals surface area contributed by atoms with Crippen molar-refractivity contribution in [2.75, 3.05) is 20.2 Å². The van der Waals surface area contributed by atoms with Crippen LogP contribution in [-0.2, 0) is 20.8 Å². The van der Waals surface area contributed by atoms with Crippen LogP contribution in [0.15, 0.2) is 78.9 Å². The van der Waals surface area contributed by atoms with E-state index in [0.717, 1.165) is 11.1 Å². The van der Waals surface area contributed by atoms with E-state index < -0.39 is 54.7 Å². The third-order valence-corrected chi connectivity index (χ3v) is 9.54. The quantitative estimate of drug-likeness (QED) is 0.140. The van der Waals surface area contributed by atoms with Crippen LogP contribution in [0.3, 0.4) is 0 Å². The van der Waals surface area contributed by atoms with E-state index in [2.05, 4.69) is 10.6 Å². The molecule has 5 rings (SSSR count). The summed E-state index contributed by atoms with van der Waals surface area (Å²) in [6.07, 6.45) is -4.12. The zero-order valence-corrected chi connectivity index (χ0v) is 30.1. The van der Waals surface area contributed by atoms with E-state index in [9.17, 15) is 28.0 Å². The van der Waals surface area contributed by atoms with Crippen molar-refractivity contribution < 1.29 is 42.5 Å². The van der Waals surface area contributed by atoms with Crippen LogP contribution in [0.5, 0.6) is 11.5 Å². The first-order valence-electron chi connectivity index (χ1n) is 17.5. The molecule has 1 aromatic heterocycles. The third kappa shape index (κ3) is 9.65. The molecule has 1 unspecified atom stereocenters. The molecule has 2 heterocycles. The molecule has 1 saturated heterocycles. The first-order valence-corrected chi connectivity index (χ1v) is 17.5. The summed E-state index contributed by atoms with van der Waals surface area (Å²) in [7, 11) is 1.56. The summed E-state index contributed by atoms with van der Waals surface area (Å²) in [5.74, 6) is -2.30. The van der Waals surface area contributed by atoms with Crippen LogP contribution in [0.1, 0.15) is 49.5 Å². The second kappa shape index (κ2) is 17.3. The monoisotopic (exact) mass is 730 g/mol. The Morgan fingerprint density at radius 3 is 2.34 bits per heavy atom. The molecule has 1 fully saturated rings. The maximum absolute atomic E-state index is 13.9. The molecule has 280 valence electrons. The van der Waals surface area contributed by atoms with E-state index in [1.807, 2.05) is 56.3 Å². The zero-order chi connectivity index (χ0) is 38.2. The van der Waals surface area contributed by atoms with Crippen molar-refractivity contribution >= 4 is 34.6 Å². The summed E-state index contributed by atoms with van der Waals surface area (Å²) in [5.41, 5.74) is 2.96. The molecular weight excluding hydrogens is 686 g/mol. The Kier molecular flexibility index (Phi) is 12.6. The molecule has 0 aliphatic carbocycles. The first-order chi connectivity index (χ1) is 25.3. The zero-order valence-electron chi connectivity index (χ0n) is 30.1. The molecule has 1 aliphatic heterocycles. The number of carboxylic acid groups (broad SMARTS) is 1. The lowest BCUT2D eigenvalue weighted by Gasteiger charge is -2.29. The number of amides is 3. The lowest BCUT2D eigenvalue weighted by molar-refractivity contribution is -0.143. The number of methoxy groups -OCH3 is 1. The Balaban J connectivity index is 1.36. The molecule has 0 radical (unpaired) electrons. The molecule has 0 spiro atoms. The number of nitrogens with one attached hydrogen (secondary N) is 2. The molecule has 0 saturated carbocycles. The normalized spacial score (nSPS) is 16.7. The number of aromatic carboxylic acids is 1. The number of carbonyl (C=O) groups excluding carboxylic acids is 3. The average Bonchev–Trinajstić information content (AvgIpc) is 3.57. The molecule has 3 aromatic carbocycles. The molecule has 1 aliphatic rings. The Bertz CT molecular complexity index is 1920. The minimum Gasteiger partial charge on any atom is -0.497 e. The fraction of sp³-hybridized carbons (Fsp3) is 0.375. The predicted molar refractivity (Wildman–Crippen MR) is 195 cm³/mol. The van der Waals surface area contributed by atoms with Gasteiger partial charge in [0.1, 0.15) is 29.7 Å². The topological polar surface area (TPSA) is 147 Å². The summed E-state index contributed by atoms with van der Waals surface area (Å²) >= 11 is 0. The van der Waals surface area contributed by atoms with Gasteiger partial charge in [-0.15, -0.1) is 0 Å². The number of halogens is 2. The molecule has 3 amide bonds. The number of fused-ring (bicyclic) bond motifs is 1. The van der Waals surface area contributed by atoms with Crippen LogP contribution < -0.4 is 20.1 Å². The number of rotatable bonds is 15. The minimum absolute atomic E-state index is 0.0450. The van der Waals surface area contributed by atoms with Crippen LogP contribution in [-0.4, -0.2) is 83.5 Å². The average molecular weight is 731 g/mol. The van der Waals surface area contributed by atoms with Gasteiger partial charge in [0.15, 0.2) is 0 Å².